The molecule has 0 aliphatic carbocycles. The zero-order chi connectivity index (χ0) is 11.8. The van der Waals surface area contributed by atoms with E-state index in [1.54, 1.807) is 6.21 Å². The quantitative estimate of drug-likeness (QED) is 0.668. The topological polar surface area (TPSA) is 59.9 Å². The number of hydrogen-bond donors (Lipinski definition) is 1. The highest BCUT2D eigenvalue weighted by Crippen LogP contribution is 2.34. The fourth-order valence-electron chi connectivity index (χ4n) is 2.09. The van der Waals surface area contributed by atoms with E-state index >= 15 is 0 Å². The highest BCUT2D eigenvalue weighted by Gasteiger charge is 2.52. The highest BCUT2D eigenvalue weighted by atomic mass is 16.7. The summed E-state index contributed by atoms with van der Waals surface area (Å²) in [5.74, 6) is -0.475. The predicted octanol–water partition coefficient (Wildman–Crippen LogP) is 0.692. The van der Waals surface area contributed by atoms with Crippen molar-refractivity contribution in [2.75, 3.05) is 13.1 Å². The molecule has 2 rings (SSSR count). The van der Waals surface area contributed by atoms with E-state index in [0.29, 0.717) is 19.5 Å². The fourth-order valence-corrected chi connectivity index (χ4v) is 2.09. The smallest absolute Gasteiger partial charge is 0.315 e. The highest BCUT2D eigenvalue weighted by molar-refractivity contribution is 5.77. The van der Waals surface area contributed by atoms with E-state index in [1.165, 1.54) is 0 Å². The Morgan fingerprint density at radius 2 is 2.38 bits per heavy atom. The number of oxime groups is 1. The SMILES string of the molecule is CC(C)(C)OC(=O)C1CNCC12CC=NO2. The average Bonchev–Trinajstić information content (AvgIpc) is 2.74. The normalized spacial score (nSPS) is 33.1. The first-order valence-electron chi connectivity index (χ1n) is 5.57. The number of nitrogens with zero attached hydrogens (tertiary/aromatic N) is 1. The molecule has 0 saturated carbocycles. The third kappa shape index (κ3) is 2.04. The second kappa shape index (κ2) is 3.73. The van der Waals surface area contributed by atoms with E-state index in [9.17, 15) is 4.79 Å². The first-order chi connectivity index (χ1) is 7.43. The van der Waals surface area contributed by atoms with E-state index in [1.807, 2.05) is 20.8 Å². The van der Waals surface area contributed by atoms with Gasteiger partial charge >= 0.3 is 5.97 Å². The van der Waals surface area contributed by atoms with E-state index in [-0.39, 0.29) is 11.9 Å². The first kappa shape index (κ1) is 11.4. The molecular formula is C11H18N2O3. The van der Waals surface area contributed by atoms with Crippen LogP contribution in [0.25, 0.3) is 0 Å². The summed E-state index contributed by atoms with van der Waals surface area (Å²) in [6, 6.07) is 0. The number of carbonyl (C=O) groups is 1. The maximum absolute atomic E-state index is 12.0. The van der Waals surface area contributed by atoms with Crippen LogP contribution >= 0.6 is 0 Å². The molecule has 0 bridgehead atoms. The Balaban J connectivity index is 2.06. The number of carbonyl (C=O) groups excluding carboxylic acids is 1. The molecule has 2 aliphatic rings. The van der Waals surface area contributed by atoms with Gasteiger partial charge in [0.15, 0.2) is 5.60 Å². The molecule has 1 N–H and O–H groups in total. The van der Waals surface area contributed by atoms with Crippen LogP contribution in [0.15, 0.2) is 5.16 Å². The molecule has 0 aromatic rings. The minimum Gasteiger partial charge on any atom is -0.460 e. The Bertz CT molecular complexity index is 312. The zero-order valence-corrected chi connectivity index (χ0v) is 9.95. The molecule has 5 nitrogen and oxygen atoms in total. The second-order valence-electron chi connectivity index (χ2n) is 5.37. The van der Waals surface area contributed by atoms with E-state index < -0.39 is 11.2 Å². The number of hydrogen-bond acceptors (Lipinski definition) is 5. The third-order valence-corrected chi connectivity index (χ3v) is 2.84. The molecule has 2 heterocycles. The summed E-state index contributed by atoms with van der Waals surface area (Å²) in [6.07, 6.45) is 2.38. The molecule has 0 aromatic heterocycles. The van der Waals surface area contributed by atoms with Crippen LogP contribution in [0.5, 0.6) is 0 Å². The average molecular weight is 226 g/mol. The van der Waals surface area contributed by atoms with Crippen LogP contribution in [-0.2, 0) is 14.4 Å². The van der Waals surface area contributed by atoms with E-state index in [2.05, 4.69) is 10.5 Å². The van der Waals surface area contributed by atoms with Gasteiger partial charge in [0.25, 0.3) is 0 Å². The van der Waals surface area contributed by atoms with Crippen LogP contribution in [0.3, 0.4) is 0 Å². The van der Waals surface area contributed by atoms with Gasteiger partial charge in [-0.3, -0.25) is 4.79 Å². The molecule has 0 aromatic carbocycles. The first-order valence-corrected chi connectivity index (χ1v) is 5.57. The van der Waals surface area contributed by atoms with Crippen molar-refractivity contribution >= 4 is 12.2 Å². The van der Waals surface area contributed by atoms with Crippen molar-refractivity contribution in [1.29, 1.82) is 0 Å². The monoisotopic (exact) mass is 226 g/mol. The number of nitrogens with one attached hydrogen (secondary N) is 1. The lowest BCUT2D eigenvalue weighted by Gasteiger charge is -2.28. The van der Waals surface area contributed by atoms with Gasteiger partial charge in [0.1, 0.15) is 11.5 Å². The molecule has 0 radical (unpaired) electrons. The van der Waals surface area contributed by atoms with Gasteiger partial charge in [0, 0.05) is 25.7 Å². The van der Waals surface area contributed by atoms with Gasteiger partial charge in [-0.15, -0.1) is 0 Å². The largest absolute Gasteiger partial charge is 0.460 e. The van der Waals surface area contributed by atoms with Crippen LogP contribution in [0.4, 0.5) is 0 Å². The maximum atomic E-state index is 12.0. The predicted molar refractivity (Wildman–Crippen MR) is 59.1 cm³/mol. The van der Waals surface area contributed by atoms with Gasteiger partial charge in [-0.1, -0.05) is 5.16 Å². The Morgan fingerprint density at radius 3 is 2.94 bits per heavy atom. The summed E-state index contributed by atoms with van der Waals surface area (Å²) in [5.41, 5.74) is -0.970. The lowest BCUT2D eigenvalue weighted by Crippen LogP contribution is -2.44. The number of ether oxygens (including phenoxy) is 1. The van der Waals surface area contributed by atoms with Crippen LogP contribution in [0.1, 0.15) is 27.2 Å². The summed E-state index contributed by atoms with van der Waals surface area (Å²) in [4.78, 5) is 17.4. The van der Waals surface area contributed by atoms with Gasteiger partial charge in [0.2, 0.25) is 0 Å². The molecule has 2 unspecified atom stereocenters. The fraction of sp³-hybridized carbons (Fsp3) is 0.818. The lowest BCUT2D eigenvalue weighted by atomic mass is 9.88. The Labute approximate surface area is 95.2 Å². The van der Waals surface area contributed by atoms with Gasteiger partial charge < -0.3 is 14.9 Å². The molecule has 16 heavy (non-hydrogen) atoms. The van der Waals surface area contributed by atoms with E-state index in [0.717, 1.165) is 0 Å². The summed E-state index contributed by atoms with van der Waals surface area (Å²) < 4.78 is 5.39. The third-order valence-electron chi connectivity index (χ3n) is 2.84. The van der Waals surface area contributed by atoms with Crippen LogP contribution in [-0.4, -0.2) is 36.5 Å². The Hall–Kier alpha value is -1.10. The van der Waals surface area contributed by atoms with Crippen molar-refractivity contribution in [2.45, 2.75) is 38.4 Å². The Morgan fingerprint density at radius 1 is 1.62 bits per heavy atom. The minimum atomic E-state index is -0.512. The molecular weight excluding hydrogens is 208 g/mol. The summed E-state index contributed by atoms with van der Waals surface area (Å²) in [6.45, 7) is 6.85. The zero-order valence-electron chi connectivity index (χ0n) is 9.95. The number of rotatable bonds is 1. The molecule has 2 aliphatic heterocycles. The van der Waals surface area contributed by atoms with Crippen molar-refractivity contribution in [1.82, 2.24) is 5.32 Å². The minimum absolute atomic E-state index is 0.206. The molecule has 1 saturated heterocycles. The molecule has 2 atom stereocenters. The van der Waals surface area contributed by atoms with Crippen molar-refractivity contribution in [3.8, 4) is 0 Å². The van der Waals surface area contributed by atoms with Crippen molar-refractivity contribution in [2.24, 2.45) is 11.1 Å². The summed E-state index contributed by atoms with van der Waals surface area (Å²) >= 11 is 0. The van der Waals surface area contributed by atoms with Gasteiger partial charge in [0.05, 0.1) is 0 Å². The maximum Gasteiger partial charge on any atom is 0.315 e. The molecule has 0 amide bonds. The molecule has 1 spiro atoms. The molecule has 1 fully saturated rings. The van der Waals surface area contributed by atoms with Crippen molar-refractivity contribution < 1.29 is 14.4 Å². The van der Waals surface area contributed by atoms with Gasteiger partial charge in [-0.2, -0.15) is 0 Å². The second-order valence-corrected chi connectivity index (χ2v) is 5.37. The van der Waals surface area contributed by atoms with Crippen molar-refractivity contribution in [3.63, 3.8) is 0 Å². The standard InChI is InChI=1S/C11H18N2O3/c1-10(2,3)15-9(14)8-6-12-7-11(8)4-5-13-16-11/h5,8,12H,4,6-7H2,1-3H3. The van der Waals surface area contributed by atoms with Crippen LogP contribution in [0, 0.1) is 5.92 Å². The number of esters is 1. The van der Waals surface area contributed by atoms with E-state index in [4.69, 9.17) is 9.57 Å². The van der Waals surface area contributed by atoms with Crippen molar-refractivity contribution in [3.05, 3.63) is 0 Å². The summed E-state index contributed by atoms with van der Waals surface area (Å²) in [7, 11) is 0. The van der Waals surface area contributed by atoms with Crippen LogP contribution in [0.2, 0.25) is 0 Å². The summed E-state index contributed by atoms with van der Waals surface area (Å²) in [5, 5.41) is 6.94. The van der Waals surface area contributed by atoms with Crippen LogP contribution < -0.4 is 5.32 Å². The Kier molecular flexibility index (Phi) is 2.66. The molecule has 90 valence electrons. The molecule has 5 heteroatoms. The lowest BCUT2D eigenvalue weighted by molar-refractivity contribution is -0.168. The van der Waals surface area contributed by atoms with Gasteiger partial charge in [-0.05, 0) is 20.8 Å². The van der Waals surface area contributed by atoms with Gasteiger partial charge in [-0.25, -0.2) is 0 Å².